The van der Waals surface area contributed by atoms with Crippen molar-refractivity contribution >= 4 is 34.2 Å². The summed E-state index contributed by atoms with van der Waals surface area (Å²) >= 11 is 1.36. The van der Waals surface area contributed by atoms with Crippen molar-refractivity contribution in [2.24, 2.45) is 5.92 Å². The van der Waals surface area contributed by atoms with Gasteiger partial charge < -0.3 is 15.0 Å². The molecule has 10 heteroatoms. The maximum Gasteiger partial charge on any atom is 0.289 e. The van der Waals surface area contributed by atoms with Gasteiger partial charge in [-0.2, -0.15) is 0 Å². The van der Waals surface area contributed by atoms with Gasteiger partial charge in [-0.3, -0.25) is 25.2 Å². The van der Waals surface area contributed by atoms with Crippen LogP contribution in [0.25, 0.3) is 0 Å². The number of anilines is 1. The lowest BCUT2D eigenvalue weighted by molar-refractivity contribution is -0.130. The van der Waals surface area contributed by atoms with Crippen LogP contribution in [0, 0.1) is 5.92 Å². The number of aromatic nitrogens is 1. The number of hydrogen-bond acceptors (Lipinski definition) is 7. The number of rotatable bonds is 7. The van der Waals surface area contributed by atoms with Crippen molar-refractivity contribution in [3.05, 3.63) is 47.0 Å². The van der Waals surface area contributed by atoms with Crippen LogP contribution >= 0.6 is 11.3 Å². The molecule has 0 spiro atoms. The number of ether oxygens (including phenoxy) is 1. The molecule has 3 N–H and O–H groups in total. The second-order valence-electron chi connectivity index (χ2n) is 7.57. The van der Waals surface area contributed by atoms with Gasteiger partial charge in [0.1, 0.15) is 11.7 Å². The van der Waals surface area contributed by atoms with Gasteiger partial charge in [-0.25, -0.2) is 4.98 Å². The highest BCUT2D eigenvalue weighted by molar-refractivity contribution is 7.13. The molecule has 3 rings (SSSR count). The minimum atomic E-state index is -0.924. The molecule has 2 aromatic rings. The molecule has 1 fully saturated rings. The Morgan fingerprint density at radius 3 is 2.52 bits per heavy atom. The summed E-state index contributed by atoms with van der Waals surface area (Å²) < 4.78 is 5.33. The highest BCUT2D eigenvalue weighted by atomic mass is 32.1. The van der Waals surface area contributed by atoms with Crippen molar-refractivity contribution in [1.82, 2.24) is 21.2 Å². The van der Waals surface area contributed by atoms with Crippen molar-refractivity contribution in [3.63, 3.8) is 0 Å². The number of carbonyl (C=O) groups is 3. The van der Waals surface area contributed by atoms with E-state index >= 15 is 0 Å². The topological polar surface area (TPSA) is 113 Å². The summed E-state index contributed by atoms with van der Waals surface area (Å²) in [4.78, 5) is 43.9. The molecule has 1 aromatic heterocycles. The zero-order chi connectivity index (χ0) is 22.2. The Hall–Kier alpha value is -2.98. The first kappa shape index (κ1) is 22.7. The Labute approximate surface area is 185 Å². The molecular formula is C21H27N5O4S. The maximum absolute atomic E-state index is 12.8. The SMILES string of the molecule is CC(C)CC(=O)NC(C(=O)NNC(=O)c1csc(N2CCOCC2)n1)c1ccccc1. The third-order valence-corrected chi connectivity index (χ3v) is 5.50. The summed E-state index contributed by atoms with van der Waals surface area (Å²) in [5, 5.41) is 5.12. The summed E-state index contributed by atoms with van der Waals surface area (Å²) in [5.74, 6) is -1.14. The lowest BCUT2D eigenvalue weighted by atomic mass is 10.0. The Morgan fingerprint density at radius 1 is 1.13 bits per heavy atom. The molecule has 1 aliphatic rings. The monoisotopic (exact) mass is 445 g/mol. The first-order valence-corrected chi connectivity index (χ1v) is 11.0. The maximum atomic E-state index is 12.8. The van der Waals surface area contributed by atoms with Gasteiger partial charge in [-0.05, 0) is 11.5 Å². The Kier molecular flexibility index (Phi) is 7.96. The van der Waals surface area contributed by atoms with Crippen LogP contribution in [0.2, 0.25) is 0 Å². The van der Waals surface area contributed by atoms with Crippen molar-refractivity contribution in [1.29, 1.82) is 0 Å². The average molecular weight is 446 g/mol. The molecule has 1 atom stereocenters. The number of amides is 3. The fraction of sp³-hybridized carbons (Fsp3) is 0.429. The van der Waals surface area contributed by atoms with Gasteiger partial charge in [-0.1, -0.05) is 44.2 Å². The number of hydrogen-bond donors (Lipinski definition) is 3. The van der Waals surface area contributed by atoms with E-state index in [1.54, 1.807) is 29.6 Å². The first-order chi connectivity index (χ1) is 14.9. The number of benzene rings is 1. The van der Waals surface area contributed by atoms with Crippen LogP contribution in [0.15, 0.2) is 35.7 Å². The normalized spacial score (nSPS) is 14.7. The van der Waals surface area contributed by atoms with E-state index in [2.05, 4.69) is 26.1 Å². The van der Waals surface area contributed by atoms with Gasteiger partial charge in [0.25, 0.3) is 11.8 Å². The fourth-order valence-corrected chi connectivity index (χ4v) is 3.92. The van der Waals surface area contributed by atoms with Crippen LogP contribution in [0.5, 0.6) is 0 Å². The molecule has 1 saturated heterocycles. The van der Waals surface area contributed by atoms with Crippen LogP contribution in [0.1, 0.15) is 42.4 Å². The van der Waals surface area contributed by atoms with Gasteiger partial charge in [0.2, 0.25) is 5.91 Å². The van der Waals surface area contributed by atoms with Crippen LogP contribution in [0.4, 0.5) is 5.13 Å². The van der Waals surface area contributed by atoms with Crippen LogP contribution in [0.3, 0.4) is 0 Å². The number of nitrogens with one attached hydrogen (secondary N) is 3. The predicted octanol–water partition coefficient (Wildman–Crippen LogP) is 1.64. The van der Waals surface area contributed by atoms with Crippen molar-refractivity contribution in [3.8, 4) is 0 Å². The van der Waals surface area contributed by atoms with E-state index < -0.39 is 17.9 Å². The van der Waals surface area contributed by atoms with E-state index in [1.165, 1.54) is 11.3 Å². The smallest absolute Gasteiger partial charge is 0.289 e. The first-order valence-electron chi connectivity index (χ1n) is 10.2. The quantitative estimate of drug-likeness (QED) is 0.559. The Morgan fingerprint density at radius 2 is 1.84 bits per heavy atom. The highest BCUT2D eigenvalue weighted by Gasteiger charge is 2.24. The molecule has 3 amide bonds. The summed E-state index contributed by atoms with van der Waals surface area (Å²) in [6, 6.07) is 7.96. The third kappa shape index (κ3) is 6.50. The predicted molar refractivity (Wildman–Crippen MR) is 118 cm³/mol. The summed E-state index contributed by atoms with van der Waals surface area (Å²) in [7, 11) is 0. The lowest BCUT2D eigenvalue weighted by Crippen LogP contribution is -2.48. The summed E-state index contributed by atoms with van der Waals surface area (Å²) in [5.41, 5.74) is 5.63. The largest absolute Gasteiger partial charge is 0.378 e. The number of carbonyl (C=O) groups excluding carboxylic acids is 3. The van der Waals surface area contributed by atoms with Crippen molar-refractivity contribution in [2.75, 3.05) is 31.2 Å². The molecular weight excluding hydrogens is 418 g/mol. The van der Waals surface area contributed by atoms with Crippen LogP contribution < -0.4 is 21.1 Å². The average Bonchev–Trinajstić information content (AvgIpc) is 3.27. The molecule has 0 saturated carbocycles. The standard InChI is InChI=1S/C21H27N5O4S/c1-14(2)12-17(27)23-18(15-6-4-3-5-7-15)20(29)25-24-19(28)16-13-31-21(22-16)26-8-10-30-11-9-26/h3-7,13-14,18H,8-12H2,1-2H3,(H,23,27)(H,24,28)(H,25,29). The minimum absolute atomic E-state index is 0.157. The lowest BCUT2D eigenvalue weighted by Gasteiger charge is -2.25. The number of hydrazine groups is 1. The summed E-state index contributed by atoms with van der Waals surface area (Å²) in [6.45, 7) is 6.55. The molecule has 2 heterocycles. The van der Waals surface area contributed by atoms with Crippen molar-refractivity contribution in [2.45, 2.75) is 26.3 Å². The van der Waals surface area contributed by atoms with Gasteiger partial charge >= 0.3 is 0 Å². The van der Waals surface area contributed by atoms with E-state index in [1.807, 2.05) is 19.9 Å². The third-order valence-electron chi connectivity index (χ3n) is 4.60. The van der Waals surface area contributed by atoms with E-state index in [-0.39, 0.29) is 17.5 Å². The number of morpholine rings is 1. The second kappa shape index (κ2) is 10.9. The zero-order valence-corrected chi connectivity index (χ0v) is 18.4. The molecule has 0 aliphatic carbocycles. The minimum Gasteiger partial charge on any atom is -0.378 e. The Balaban J connectivity index is 1.61. The molecule has 1 unspecified atom stereocenters. The zero-order valence-electron chi connectivity index (χ0n) is 17.6. The molecule has 0 radical (unpaired) electrons. The number of nitrogens with zero attached hydrogens (tertiary/aromatic N) is 2. The van der Waals surface area contributed by atoms with E-state index in [4.69, 9.17) is 4.74 Å². The van der Waals surface area contributed by atoms with E-state index in [0.29, 0.717) is 25.2 Å². The fourth-order valence-electron chi connectivity index (χ4n) is 3.06. The highest BCUT2D eigenvalue weighted by Crippen LogP contribution is 2.21. The van der Waals surface area contributed by atoms with Crippen LogP contribution in [-0.2, 0) is 14.3 Å². The molecule has 1 aromatic carbocycles. The van der Waals surface area contributed by atoms with Crippen molar-refractivity contribution < 1.29 is 19.1 Å². The van der Waals surface area contributed by atoms with E-state index in [9.17, 15) is 14.4 Å². The number of thiazole rings is 1. The molecule has 166 valence electrons. The molecule has 31 heavy (non-hydrogen) atoms. The Bertz CT molecular complexity index is 896. The molecule has 0 bridgehead atoms. The van der Waals surface area contributed by atoms with Crippen LogP contribution in [-0.4, -0.2) is 49.0 Å². The molecule has 1 aliphatic heterocycles. The van der Waals surface area contributed by atoms with Gasteiger partial charge in [0.05, 0.1) is 13.2 Å². The second-order valence-corrected chi connectivity index (χ2v) is 8.40. The van der Waals surface area contributed by atoms with Gasteiger partial charge in [0, 0.05) is 24.9 Å². The van der Waals surface area contributed by atoms with Gasteiger partial charge in [0.15, 0.2) is 5.13 Å². The van der Waals surface area contributed by atoms with E-state index in [0.717, 1.165) is 18.2 Å². The van der Waals surface area contributed by atoms with Gasteiger partial charge in [-0.15, -0.1) is 11.3 Å². The summed E-state index contributed by atoms with van der Waals surface area (Å²) in [6.07, 6.45) is 0.298. The molecule has 9 nitrogen and oxygen atoms in total.